The van der Waals surface area contributed by atoms with Crippen molar-refractivity contribution in [2.75, 3.05) is 5.32 Å². The van der Waals surface area contributed by atoms with Gasteiger partial charge in [0.15, 0.2) is 5.82 Å². The van der Waals surface area contributed by atoms with E-state index in [2.05, 4.69) is 15.4 Å². The minimum Gasteiger partial charge on any atom is -0.457 e. The van der Waals surface area contributed by atoms with Gasteiger partial charge in [0.25, 0.3) is 5.91 Å². The van der Waals surface area contributed by atoms with Gasteiger partial charge in [-0.05, 0) is 55.5 Å². The average molecular weight is 370 g/mol. The molecule has 0 aliphatic rings. The van der Waals surface area contributed by atoms with Crippen LogP contribution in [0.5, 0.6) is 11.5 Å². The number of rotatable bonds is 5. The highest BCUT2D eigenvalue weighted by molar-refractivity contribution is 6.05. The Hall–Kier alpha value is -3.93. The number of nitrogens with one attached hydrogen (secondary N) is 1. The van der Waals surface area contributed by atoms with Crippen molar-refractivity contribution in [2.45, 2.75) is 6.92 Å². The smallest absolute Gasteiger partial charge is 0.259 e. The minimum atomic E-state index is -0.226. The molecule has 138 valence electrons. The molecule has 4 aromatic rings. The Morgan fingerprint density at radius 2 is 1.64 bits per heavy atom. The van der Waals surface area contributed by atoms with Crippen LogP contribution in [0, 0.1) is 6.92 Å². The average Bonchev–Trinajstić information content (AvgIpc) is 3.12. The predicted molar refractivity (Wildman–Crippen MR) is 107 cm³/mol. The molecule has 0 saturated carbocycles. The second-order valence-corrected chi connectivity index (χ2v) is 6.14. The van der Waals surface area contributed by atoms with E-state index in [-0.39, 0.29) is 5.91 Å². The van der Waals surface area contributed by atoms with Crippen LogP contribution in [-0.2, 0) is 0 Å². The Bertz CT molecular complexity index is 1070. The molecule has 0 unspecified atom stereocenters. The van der Waals surface area contributed by atoms with E-state index >= 15 is 0 Å². The van der Waals surface area contributed by atoms with Crippen molar-refractivity contribution in [2.24, 2.45) is 0 Å². The van der Waals surface area contributed by atoms with Gasteiger partial charge in [-0.25, -0.2) is 9.67 Å². The van der Waals surface area contributed by atoms with Gasteiger partial charge in [-0.1, -0.05) is 24.3 Å². The molecule has 6 nitrogen and oxygen atoms in total. The molecule has 0 atom stereocenters. The molecule has 1 N–H and O–H groups in total. The number of hydrogen-bond acceptors (Lipinski definition) is 4. The number of carbonyl (C=O) groups is 1. The van der Waals surface area contributed by atoms with E-state index in [1.165, 1.54) is 0 Å². The summed E-state index contributed by atoms with van der Waals surface area (Å²) < 4.78 is 7.41. The maximum atomic E-state index is 12.6. The van der Waals surface area contributed by atoms with Gasteiger partial charge in [-0.3, -0.25) is 4.79 Å². The summed E-state index contributed by atoms with van der Waals surface area (Å²) in [6, 6.07) is 22.3. The highest BCUT2D eigenvalue weighted by Crippen LogP contribution is 2.23. The topological polar surface area (TPSA) is 69.0 Å². The first kappa shape index (κ1) is 17.5. The lowest BCUT2D eigenvalue weighted by Gasteiger charge is -2.08. The van der Waals surface area contributed by atoms with E-state index in [1.807, 2.05) is 67.6 Å². The first-order chi connectivity index (χ1) is 13.7. The molecule has 2 aromatic carbocycles. The number of carbonyl (C=O) groups excluding carboxylic acids is 1. The van der Waals surface area contributed by atoms with Crippen LogP contribution in [0.2, 0.25) is 0 Å². The van der Waals surface area contributed by atoms with Crippen molar-refractivity contribution in [1.29, 1.82) is 0 Å². The second kappa shape index (κ2) is 7.75. The molecule has 6 heteroatoms. The molecule has 2 heterocycles. The SMILES string of the molecule is Cc1c(C(=O)Nc2ccc(Oc3ccccc3)cc2)cnn1-c1ccccn1. The summed E-state index contributed by atoms with van der Waals surface area (Å²) >= 11 is 0. The predicted octanol–water partition coefficient (Wildman–Crippen LogP) is 4.62. The quantitative estimate of drug-likeness (QED) is 0.556. The molecule has 0 bridgehead atoms. The van der Waals surface area contributed by atoms with Gasteiger partial charge in [0.1, 0.15) is 11.5 Å². The molecule has 4 rings (SSSR count). The fourth-order valence-corrected chi connectivity index (χ4v) is 2.77. The van der Waals surface area contributed by atoms with Crippen LogP contribution >= 0.6 is 0 Å². The van der Waals surface area contributed by atoms with Crippen molar-refractivity contribution in [3.63, 3.8) is 0 Å². The molecule has 0 fully saturated rings. The highest BCUT2D eigenvalue weighted by Gasteiger charge is 2.15. The molecule has 1 amide bonds. The summed E-state index contributed by atoms with van der Waals surface area (Å²) in [6.07, 6.45) is 3.24. The van der Waals surface area contributed by atoms with Crippen LogP contribution < -0.4 is 10.1 Å². The third kappa shape index (κ3) is 3.76. The molecule has 2 aromatic heterocycles. The van der Waals surface area contributed by atoms with Crippen LogP contribution in [0.15, 0.2) is 85.2 Å². The van der Waals surface area contributed by atoms with Crippen LogP contribution in [-0.4, -0.2) is 20.7 Å². The van der Waals surface area contributed by atoms with E-state index < -0.39 is 0 Å². The second-order valence-electron chi connectivity index (χ2n) is 6.14. The number of amides is 1. The molecule has 0 aliphatic heterocycles. The van der Waals surface area contributed by atoms with Crippen molar-refractivity contribution < 1.29 is 9.53 Å². The molecule has 0 saturated heterocycles. The van der Waals surface area contributed by atoms with Gasteiger partial charge >= 0.3 is 0 Å². The lowest BCUT2D eigenvalue weighted by molar-refractivity contribution is 0.102. The normalized spacial score (nSPS) is 10.5. The van der Waals surface area contributed by atoms with Gasteiger partial charge in [0.05, 0.1) is 17.5 Å². The lowest BCUT2D eigenvalue weighted by atomic mass is 10.2. The number of hydrogen-bond donors (Lipinski definition) is 1. The van der Waals surface area contributed by atoms with Crippen molar-refractivity contribution in [1.82, 2.24) is 14.8 Å². The maximum absolute atomic E-state index is 12.6. The fourth-order valence-electron chi connectivity index (χ4n) is 2.77. The van der Waals surface area contributed by atoms with Crippen molar-refractivity contribution in [3.8, 4) is 17.3 Å². The first-order valence-corrected chi connectivity index (χ1v) is 8.81. The van der Waals surface area contributed by atoms with E-state index in [0.717, 1.165) is 11.4 Å². The monoisotopic (exact) mass is 370 g/mol. The van der Waals surface area contributed by atoms with Gasteiger partial charge in [-0.2, -0.15) is 5.10 Å². The van der Waals surface area contributed by atoms with E-state index in [4.69, 9.17) is 4.74 Å². The van der Waals surface area contributed by atoms with Crippen LogP contribution in [0.25, 0.3) is 5.82 Å². The summed E-state index contributed by atoms with van der Waals surface area (Å²) in [5.74, 6) is 1.90. The number of aromatic nitrogens is 3. The van der Waals surface area contributed by atoms with Crippen LogP contribution in [0.3, 0.4) is 0 Å². The van der Waals surface area contributed by atoms with E-state index in [0.29, 0.717) is 22.8 Å². The standard InChI is InChI=1S/C22H18N4O2/c1-16-20(15-24-26(16)21-9-5-6-14-23-21)22(27)25-17-10-12-19(13-11-17)28-18-7-3-2-4-8-18/h2-15H,1H3,(H,25,27). The third-order valence-corrected chi connectivity index (χ3v) is 4.21. The number of anilines is 1. The van der Waals surface area contributed by atoms with Gasteiger partial charge in [0.2, 0.25) is 0 Å². The largest absolute Gasteiger partial charge is 0.457 e. The minimum absolute atomic E-state index is 0.226. The Balaban J connectivity index is 1.46. The number of para-hydroxylation sites is 1. The molecule has 0 spiro atoms. The Morgan fingerprint density at radius 3 is 2.36 bits per heavy atom. The van der Waals surface area contributed by atoms with E-state index in [1.54, 1.807) is 29.2 Å². The van der Waals surface area contributed by atoms with Crippen molar-refractivity contribution >= 4 is 11.6 Å². The summed E-state index contributed by atoms with van der Waals surface area (Å²) in [7, 11) is 0. The summed E-state index contributed by atoms with van der Waals surface area (Å²) in [4.78, 5) is 16.9. The molecule has 0 aliphatic carbocycles. The molecule has 0 radical (unpaired) electrons. The number of nitrogens with zero attached hydrogens (tertiary/aromatic N) is 3. The summed E-state index contributed by atoms with van der Waals surface area (Å²) in [5.41, 5.74) is 1.89. The summed E-state index contributed by atoms with van der Waals surface area (Å²) in [5, 5.41) is 7.17. The molecular formula is C22H18N4O2. The highest BCUT2D eigenvalue weighted by atomic mass is 16.5. The van der Waals surface area contributed by atoms with Crippen LogP contribution in [0.4, 0.5) is 5.69 Å². The number of benzene rings is 2. The zero-order chi connectivity index (χ0) is 19.3. The molecular weight excluding hydrogens is 352 g/mol. The zero-order valence-corrected chi connectivity index (χ0v) is 15.2. The van der Waals surface area contributed by atoms with Gasteiger partial charge in [-0.15, -0.1) is 0 Å². The van der Waals surface area contributed by atoms with E-state index in [9.17, 15) is 4.79 Å². The molecule has 28 heavy (non-hydrogen) atoms. The number of ether oxygens (including phenoxy) is 1. The third-order valence-electron chi connectivity index (χ3n) is 4.21. The first-order valence-electron chi connectivity index (χ1n) is 8.81. The van der Waals surface area contributed by atoms with Crippen LogP contribution in [0.1, 0.15) is 16.1 Å². The maximum Gasteiger partial charge on any atom is 0.259 e. The fraction of sp³-hybridized carbons (Fsp3) is 0.0455. The zero-order valence-electron chi connectivity index (χ0n) is 15.2. The number of pyridine rings is 1. The van der Waals surface area contributed by atoms with Gasteiger partial charge < -0.3 is 10.1 Å². The Labute approximate surface area is 162 Å². The lowest BCUT2D eigenvalue weighted by Crippen LogP contribution is -2.13. The Kier molecular flexibility index (Phi) is 4.84. The van der Waals surface area contributed by atoms with Gasteiger partial charge in [0, 0.05) is 11.9 Å². The van der Waals surface area contributed by atoms with Crippen molar-refractivity contribution in [3.05, 3.63) is 96.4 Å². The Morgan fingerprint density at radius 1 is 0.929 bits per heavy atom. The summed E-state index contributed by atoms with van der Waals surface area (Å²) in [6.45, 7) is 1.84.